The lowest BCUT2D eigenvalue weighted by molar-refractivity contribution is -0.153. The second-order valence-electron chi connectivity index (χ2n) is 6.53. The van der Waals surface area contributed by atoms with Gasteiger partial charge in [0.1, 0.15) is 6.04 Å². The van der Waals surface area contributed by atoms with Gasteiger partial charge in [0.25, 0.3) is 0 Å². The molecule has 2 N–H and O–H groups in total. The first kappa shape index (κ1) is 13.9. The van der Waals surface area contributed by atoms with E-state index in [-0.39, 0.29) is 30.4 Å². The molecule has 5 heteroatoms. The third-order valence-corrected chi connectivity index (χ3v) is 5.18. The monoisotopic (exact) mass is 279 g/mol. The molecule has 2 heterocycles. The number of hydrogen-bond acceptors (Lipinski definition) is 3. The smallest absolute Gasteiger partial charge is 0.245 e. The summed E-state index contributed by atoms with van der Waals surface area (Å²) >= 11 is 0. The molecule has 2 saturated heterocycles. The highest BCUT2D eigenvalue weighted by Gasteiger charge is 2.42. The molecule has 20 heavy (non-hydrogen) atoms. The van der Waals surface area contributed by atoms with Crippen LogP contribution in [-0.2, 0) is 9.59 Å². The molecule has 0 aromatic carbocycles. The standard InChI is InChI=1S/C15H25N3O2/c16-12(11-5-2-1-3-6-11)9-17-10-14(19)18-8-4-7-13(18)15(17)20/h11-13H,1-10,16H2. The van der Waals surface area contributed by atoms with E-state index in [9.17, 15) is 9.59 Å². The zero-order valence-electron chi connectivity index (χ0n) is 12.1. The largest absolute Gasteiger partial charge is 0.330 e. The van der Waals surface area contributed by atoms with Crippen molar-refractivity contribution >= 4 is 11.8 Å². The van der Waals surface area contributed by atoms with E-state index in [0.717, 1.165) is 19.4 Å². The van der Waals surface area contributed by atoms with E-state index in [1.807, 2.05) is 0 Å². The van der Waals surface area contributed by atoms with Crippen LogP contribution in [-0.4, -0.2) is 53.3 Å². The molecule has 2 amide bonds. The highest BCUT2D eigenvalue weighted by atomic mass is 16.2. The van der Waals surface area contributed by atoms with Gasteiger partial charge in [-0.1, -0.05) is 19.3 Å². The molecule has 3 rings (SSSR count). The molecule has 2 atom stereocenters. The van der Waals surface area contributed by atoms with Crippen LogP contribution in [0, 0.1) is 5.92 Å². The third kappa shape index (κ3) is 2.55. The number of carbonyl (C=O) groups is 2. The summed E-state index contributed by atoms with van der Waals surface area (Å²) < 4.78 is 0. The van der Waals surface area contributed by atoms with Crippen molar-refractivity contribution in [2.75, 3.05) is 19.6 Å². The van der Waals surface area contributed by atoms with Crippen LogP contribution in [0.25, 0.3) is 0 Å². The van der Waals surface area contributed by atoms with Gasteiger partial charge in [-0.15, -0.1) is 0 Å². The van der Waals surface area contributed by atoms with Crippen LogP contribution in [0.5, 0.6) is 0 Å². The summed E-state index contributed by atoms with van der Waals surface area (Å²) in [7, 11) is 0. The van der Waals surface area contributed by atoms with Gasteiger partial charge in [-0.25, -0.2) is 0 Å². The molecule has 112 valence electrons. The van der Waals surface area contributed by atoms with Gasteiger partial charge in [0.2, 0.25) is 11.8 Å². The molecule has 0 aromatic heterocycles. The molecule has 3 aliphatic rings. The van der Waals surface area contributed by atoms with Gasteiger partial charge in [0.05, 0.1) is 6.54 Å². The van der Waals surface area contributed by atoms with Crippen LogP contribution in [0.4, 0.5) is 0 Å². The van der Waals surface area contributed by atoms with Crippen LogP contribution in [0.15, 0.2) is 0 Å². The quantitative estimate of drug-likeness (QED) is 0.828. The van der Waals surface area contributed by atoms with Crippen molar-refractivity contribution in [3.8, 4) is 0 Å². The highest BCUT2D eigenvalue weighted by molar-refractivity contribution is 5.95. The maximum absolute atomic E-state index is 12.4. The van der Waals surface area contributed by atoms with Gasteiger partial charge in [-0.05, 0) is 31.6 Å². The lowest BCUT2D eigenvalue weighted by atomic mass is 9.84. The fourth-order valence-electron chi connectivity index (χ4n) is 3.99. The maximum atomic E-state index is 12.4. The number of rotatable bonds is 3. The minimum Gasteiger partial charge on any atom is -0.330 e. The number of amides is 2. The second-order valence-corrected chi connectivity index (χ2v) is 6.53. The summed E-state index contributed by atoms with van der Waals surface area (Å²) in [6.07, 6.45) is 7.93. The van der Waals surface area contributed by atoms with E-state index in [0.29, 0.717) is 12.5 Å². The lowest BCUT2D eigenvalue weighted by Gasteiger charge is -2.39. The van der Waals surface area contributed by atoms with E-state index < -0.39 is 0 Å². The molecule has 3 fully saturated rings. The minimum atomic E-state index is -0.199. The average molecular weight is 279 g/mol. The van der Waals surface area contributed by atoms with Crippen LogP contribution in [0.1, 0.15) is 44.9 Å². The summed E-state index contributed by atoms with van der Waals surface area (Å²) in [5.74, 6) is 0.740. The van der Waals surface area contributed by atoms with E-state index in [2.05, 4.69) is 0 Å². The van der Waals surface area contributed by atoms with E-state index >= 15 is 0 Å². The lowest BCUT2D eigenvalue weighted by Crippen LogP contribution is -2.59. The average Bonchev–Trinajstić information content (AvgIpc) is 2.95. The minimum absolute atomic E-state index is 0.0278. The number of fused-ring (bicyclic) bond motifs is 1. The van der Waals surface area contributed by atoms with Gasteiger partial charge < -0.3 is 15.5 Å². The molecular formula is C15H25N3O2. The van der Waals surface area contributed by atoms with Crippen LogP contribution in [0.2, 0.25) is 0 Å². The summed E-state index contributed by atoms with van der Waals surface area (Å²) in [5.41, 5.74) is 6.31. The zero-order chi connectivity index (χ0) is 14.1. The SMILES string of the molecule is NC(CN1CC(=O)N2CCCC2C1=O)C1CCCCC1. The zero-order valence-corrected chi connectivity index (χ0v) is 12.1. The third-order valence-electron chi connectivity index (χ3n) is 5.18. The van der Waals surface area contributed by atoms with Crippen molar-refractivity contribution < 1.29 is 9.59 Å². The summed E-state index contributed by atoms with van der Waals surface area (Å²) in [6.45, 7) is 1.53. The van der Waals surface area contributed by atoms with Crippen molar-refractivity contribution in [2.24, 2.45) is 11.7 Å². The first-order valence-corrected chi connectivity index (χ1v) is 8.00. The first-order chi connectivity index (χ1) is 9.66. The predicted molar refractivity (Wildman–Crippen MR) is 75.9 cm³/mol. The van der Waals surface area contributed by atoms with Gasteiger partial charge >= 0.3 is 0 Å². The van der Waals surface area contributed by atoms with Gasteiger partial charge in [-0.3, -0.25) is 9.59 Å². The number of hydrogen-bond donors (Lipinski definition) is 1. The van der Waals surface area contributed by atoms with Crippen molar-refractivity contribution in [3.63, 3.8) is 0 Å². The molecule has 0 radical (unpaired) electrons. The molecule has 1 saturated carbocycles. The normalized spacial score (nSPS) is 29.8. The Morgan fingerprint density at radius 1 is 1.10 bits per heavy atom. The van der Waals surface area contributed by atoms with E-state index in [1.54, 1.807) is 9.80 Å². The summed E-state index contributed by atoms with van der Waals surface area (Å²) in [6, 6.07) is -0.171. The molecule has 0 aromatic rings. The fraction of sp³-hybridized carbons (Fsp3) is 0.867. The van der Waals surface area contributed by atoms with E-state index in [1.165, 1.54) is 32.1 Å². The predicted octanol–water partition coefficient (Wildman–Crippen LogP) is 0.727. The Balaban J connectivity index is 1.61. The number of carbonyl (C=O) groups excluding carboxylic acids is 2. The second kappa shape index (κ2) is 5.72. The number of nitrogens with two attached hydrogens (primary N) is 1. The number of nitrogens with zero attached hydrogens (tertiary/aromatic N) is 2. The van der Waals surface area contributed by atoms with Gasteiger partial charge in [0.15, 0.2) is 0 Å². The van der Waals surface area contributed by atoms with Crippen molar-refractivity contribution in [1.82, 2.24) is 9.80 Å². The Bertz CT molecular complexity index is 393. The number of piperazine rings is 1. The molecular weight excluding hydrogens is 254 g/mol. The molecule has 2 unspecified atom stereocenters. The van der Waals surface area contributed by atoms with Crippen molar-refractivity contribution in [1.29, 1.82) is 0 Å². The first-order valence-electron chi connectivity index (χ1n) is 8.00. The molecule has 0 spiro atoms. The Morgan fingerprint density at radius 3 is 2.60 bits per heavy atom. The Morgan fingerprint density at radius 2 is 1.85 bits per heavy atom. The van der Waals surface area contributed by atoms with Crippen molar-refractivity contribution in [3.05, 3.63) is 0 Å². The van der Waals surface area contributed by atoms with Crippen LogP contribution >= 0.6 is 0 Å². The summed E-state index contributed by atoms with van der Waals surface area (Å²) in [4.78, 5) is 28.0. The Labute approximate surface area is 120 Å². The highest BCUT2D eigenvalue weighted by Crippen LogP contribution is 2.28. The van der Waals surface area contributed by atoms with Gasteiger partial charge in [0, 0.05) is 19.1 Å². The molecule has 0 bridgehead atoms. The molecule has 1 aliphatic carbocycles. The van der Waals surface area contributed by atoms with Crippen LogP contribution < -0.4 is 5.73 Å². The maximum Gasteiger partial charge on any atom is 0.245 e. The molecule has 2 aliphatic heterocycles. The Kier molecular flexibility index (Phi) is 3.96. The van der Waals surface area contributed by atoms with E-state index in [4.69, 9.17) is 5.73 Å². The summed E-state index contributed by atoms with van der Waals surface area (Å²) in [5, 5.41) is 0. The topological polar surface area (TPSA) is 66.6 Å². The molecule has 5 nitrogen and oxygen atoms in total. The Hall–Kier alpha value is -1.10. The van der Waals surface area contributed by atoms with Gasteiger partial charge in [-0.2, -0.15) is 0 Å². The van der Waals surface area contributed by atoms with Crippen molar-refractivity contribution in [2.45, 2.75) is 57.0 Å². The fourth-order valence-corrected chi connectivity index (χ4v) is 3.99. The van der Waals surface area contributed by atoms with Crippen LogP contribution in [0.3, 0.4) is 0 Å².